The van der Waals surface area contributed by atoms with Gasteiger partial charge < -0.3 is 19.6 Å². The third kappa shape index (κ3) is 4.27. The predicted molar refractivity (Wildman–Crippen MR) is 108 cm³/mol. The van der Waals surface area contributed by atoms with Crippen molar-refractivity contribution < 1.29 is 23.8 Å². The molecule has 0 bridgehead atoms. The molecule has 1 fully saturated rings. The number of halogens is 1. The van der Waals surface area contributed by atoms with Crippen molar-refractivity contribution in [2.75, 3.05) is 13.2 Å². The lowest BCUT2D eigenvalue weighted by atomic mass is 9.93. The summed E-state index contributed by atoms with van der Waals surface area (Å²) in [7, 11) is 0. The van der Waals surface area contributed by atoms with Gasteiger partial charge in [0.2, 0.25) is 0 Å². The van der Waals surface area contributed by atoms with Crippen LogP contribution in [-0.2, 0) is 22.6 Å². The number of fused-ring (bicyclic) bond motifs is 1. The number of rotatable bonds is 7. The zero-order chi connectivity index (χ0) is 20.4. The van der Waals surface area contributed by atoms with Crippen LogP contribution < -0.4 is 4.74 Å². The highest BCUT2D eigenvalue weighted by molar-refractivity contribution is 5.83. The van der Waals surface area contributed by atoms with Crippen LogP contribution in [0.25, 0.3) is 10.9 Å². The first kappa shape index (κ1) is 19.5. The van der Waals surface area contributed by atoms with Gasteiger partial charge in [-0.25, -0.2) is 4.39 Å². The second-order valence-electron chi connectivity index (χ2n) is 7.56. The topological polar surface area (TPSA) is 71.6 Å². The van der Waals surface area contributed by atoms with Crippen LogP contribution in [0.15, 0.2) is 36.4 Å². The second-order valence-corrected chi connectivity index (χ2v) is 7.56. The predicted octanol–water partition coefficient (Wildman–Crippen LogP) is 4.72. The van der Waals surface area contributed by atoms with Gasteiger partial charge in [0, 0.05) is 29.8 Å². The van der Waals surface area contributed by atoms with Gasteiger partial charge in [0.1, 0.15) is 12.4 Å². The Hall–Kier alpha value is -2.86. The molecule has 0 spiro atoms. The molecule has 0 aliphatic carbocycles. The average molecular weight is 397 g/mol. The van der Waals surface area contributed by atoms with Gasteiger partial charge in [0.05, 0.1) is 18.7 Å². The smallest absolute Gasteiger partial charge is 0.303 e. The number of carboxylic acids is 1. The maximum atomic E-state index is 14.6. The van der Waals surface area contributed by atoms with Crippen LogP contribution in [0.1, 0.15) is 41.1 Å². The Morgan fingerprint density at radius 2 is 2.17 bits per heavy atom. The van der Waals surface area contributed by atoms with Crippen molar-refractivity contribution in [1.82, 2.24) is 4.98 Å². The van der Waals surface area contributed by atoms with Crippen LogP contribution in [0.3, 0.4) is 0 Å². The van der Waals surface area contributed by atoms with E-state index in [0.717, 1.165) is 25.2 Å². The number of carbonyl (C=O) groups is 1. The standard InChI is InChI=1S/C23H24FNO4/c1-14-10-15(2-4-18(14)16-8-9-28-13-16)12-29-17-3-5-20-19(11-17)23(24)21(25-20)6-7-22(26)27/h2-5,10-11,16,25H,6-9,12-13H2,1H3,(H,26,27). The van der Waals surface area contributed by atoms with E-state index < -0.39 is 11.8 Å². The number of aromatic amines is 1. The highest BCUT2D eigenvalue weighted by Crippen LogP contribution is 2.29. The van der Waals surface area contributed by atoms with Crippen molar-refractivity contribution >= 4 is 16.9 Å². The van der Waals surface area contributed by atoms with E-state index in [-0.39, 0.29) is 12.8 Å². The summed E-state index contributed by atoms with van der Waals surface area (Å²) in [6.45, 7) is 4.11. The number of ether oxygens (including phenoxy) is 2. The lowest BCUT2D eigenvalue weighted by molar-refractivity contribution is -0.136. The quantitative estimate of drug-likeness (QED) is 0.605. The Morgan fingerprint density at radius 1 is 1.31 bits per heavy atom. The summed E-state index contributed by atoms with van der Waals surface area (Å²) in [4.78, 5) is 13.7. The fourth-order valence-corrected chi connectivity index (χ4v) is 3.92. The molecule has 1 aliphatic heterocycles. The summed E-state index contributed by atoms with van der Waals surface area (Å²) in [6.07, 6.45) is 1.08. The van der Waals surface area contributed by atoms with Crippen molar-refractivity contribution in [2.24, 2.45) is 0 Å². The van der Waals surface area contributed by atoms with E-state index in [0.29, 0.717) is 34.9 Å². The van der Waals surface area contributed by atoms with Crippen LogP contribution in [0.4, 0.5) is 4.39 Å². The first-order valence-electron chi connectivity index (χ1n) is 9.83. The molecule has 1 aromatic heterocycles. The number of hydrogen-bond donors (Lipinski definition) is 2. The molecule has 0 saturated carbocycles. The van der Waals surface area contributed by atoms with Crippen molar-refractivity contribution in [2.45, 2.75) is 38.7 Å². The summed E-state index contributed by atoms with van der Waals surface area (Å²) < 4.78 is 26.0. The van der Waals surface area contributed by atoms with E-state index >= 15 is 0 Å². The highest BCUT2D eigenvalue weighted by atomic mass is 19.1. The number of H-pyrrole nitrogens is 1. The average Bonchev–Trinajstić information content (AvgIpc) is 3.33. The number of aliphatic carboxylic acids is 1. The molecule has 0 radical (unpaired) electrons. The summed E-state index contributed by atoms with van der Waals surface area (Å²) in [5.41, 5.74) is 4.56. The van der Waals surface area contributed by atoms with Crippen molar-refractivity contribution in [3.8, 4) is 5.75 Å². The van der Waals surface area contributed by atoms with Gasteiger partial charge in [0.15, 0.2) is 5.82 Å². The molecule has 29 heavy (non-hydrogen) atoms. The molecule has 6 heteroatoms. The molecular formula is C23H24FNO4. The van der Waals surface area contributed by atoms with Crippen molar-refractivity contribution in [3.05, 3.63) is 64.6 Å². The zero-order valence-corrected chi connectivity index (χ0v) is 16.3. The zero-order valence-electron chi connectivity index (χ0n) is 16.3. The minimum Gasteiger partial charge on any atom is -0.489 e. The molecule has 3 aromatic rings. The maximum Gasteiger partial charge on any atom is 0.303 e. The Balaban J connectivity index is 1.46. The number of carboxylic acid groups (broad SMARTS) is 1. The van der Waals surface area contributed by atoms with Gasteiger partial charge in [-0.2, -0.15) is 0 Å². The van der Waals surface area contributed by atoms with E-state index in [4.69, 9.17) is 14.6 Å². The molecule has 2 heterocycles. The van der Waals surface area contributed by atoms with E-state index in [9.17, 15) is 9.18 Å². The van der Waals surface area contributed by atoms with Crippen LogP contribution >= 0.6 is 0 Å². The molecule has 4 rings (SSSR count). The lowest BCUT2D eigenvalue weighted by Crippen LogP contribution is -2.02. The molecule has 2 aromatic carbocycles. The minimum absolute atomic E-state index is 0.116. The Kier molecular flexibility index (Phi) is 5.53. The van der Waals surface area contributed by atoms with E-state index in [2.05, 4.69) is 30.1 Å². The van der Waals surface area contributed by atoms with Gasteiger partial charge in [-0.1, -0.05) is 18.2 Å². The summed E-state index contributed by atoms with van der Waals surface area (Å²) in [6, 6.07) is 11.6. The highest BCUT2D eigenvalue weighted by Gasteiger charge is 2.19. The molecular weight excluding hydrogens is 373 g/mol. The first-order chi connectivity index (χ1) is 14.0. The monoisotopic (exact) mass is 397 g/mol. The Morgan fingerprint density at radius 3 is 2.90 bits per heavy atom. The Bertz CT molecular complexity index is 1040. The third-order valence-corrected chi connectivity index (χ3v) is 5.48. The van der Waals surface area contributed by atoms with Gasteiger partial charge in [-0.05, 0) is 48.2 Å². The number of aryl methyl sites for hydroxylation is 2. The lowest BCUT2D eigenvalue weighted by Gasteiger charge is -2.14. The number of nitrogens with one attached hydrogen (secondary N) is 1. The maximum absolute atomic E-state index is 14.6. The van der Waals surface area contributed by atoms with E-state index in [1.807, 2.05) is 0 Å². The van der Waals surface area contributed by atoms with Gasteiger partial charge in [0.25, 0.3) is 0 Å². The molecule has 152 valence electrons. The molecule has 1 unspecified atom stereocenters. The molecule has 1 atom stereocenters. The minimum atomic E-state index is -0.950. The largest absolute Gasteiger partial charge is 0.489 e. The number of hydrogen-bond acceptors (Lipinski definition) is 3. The van der Waals surface area contributed by atoms with E-state index in [1.165, 1.54) is 11.1 Å². The summed E-state index contributed by atoms with van der Waals surface area (Å²) in [5, 5.41) is 9.21. The van der Waals surface area contributed by atoms with Gasteiger partial charge in [-0.3, -0.25) is 4.79 Å². The summed E-state index contributed by atoms with van der Waals surface area (Å²) in [5.74, 6) is -0.315. The fraction of sp³-hybridized carbons (Fsp3) is 0.348. The normalized spacial score (nSPS) is 16.4. The van der Waals surface area contributed by atoms with Gasteiger partial charge >= 0.3 is 5.97 Å². The van der Waals surface area contributed by atoms with Crippen molar-refractivity contribution in [1.29, 1.82) is 0 Å². The molecule has 0 amide bonds. The van der Waals surface area contributed by atoms with Crippen LogP contribution in [0, 0.1) is 12.7 Å². The van der Waals surface area contributed by atoms with Gasteiger partial charge in [-0.15, -0.1) is 0 Å². The SMILES string of the molecule is Cc1cc(COc2ccc3[nH]c(CCC(=O)O)c(F)c3c2)ccc1C1CCOC1. The number of benzene rings is 2. The first-order valence-corrected chi connectivity index (χ1v) is 9.83. The van der Waals surface area contributed by atoms with E-state index in [1.54, 1.807) is 18.2 Å². The molecule has 2 N–H and O–H groups in total. The van der Waals surface area contributed by atoms with Crippen LogP contribution in [0.5, 0.6) is 5.75 Å². The Labute approximate surface area is 168 Å². The number of aromatic nitrogens is 1. The third-order valence-electron chi connectivity index (χ3n) is 5.48. The molecule has 1 aliphatic rings. The van der Waals surface area contributed by atoms with Crippen LogP contribution in [-0.4, -0.2) is 29.3 Å². The molecule has 5 nitrogen and oxygen atoms in total. The molecule has 1 saturated heterocycles. The van der Waals surface area contributed by atoms with Crippen molar-refractivity contribution in [3.63, 3.8) is 0 Å². The summed E-state index contributed by atoms with van der Waals surface area (Å²) >= 11 is 0. The fourth-order valence-electron chi connectivity index (χ4n) is 3.92. The second kappa shape index (κ2) is 8.25. The van der Waals surface area contributed by atoms with Crippen LogP contribution in [0.2, 0.25) is 0 Å².